The van der Waals surface area contributed by atoms with Crippen LogP contribution in [0.15, 0.2) is 28.7 Å². The van der Waals surface area contributed by atoms with Crippen molar-refractivity contribution in [2.75, 3.05) is 0 Å². The largest absolute Gasteiger partial charge is 0.458 e. The Morgan fingerprint density at radius 2 is 2.07 bits per heavy atom. The zero-order chi connectivity index (χ0) is 10.3. The molecule has 0 amide bonds. The van der Waals surface area contributed by atoms with Gasteiger partial charge in [-0.2, -0.15) is 0 Å². The van der Waals surface area contributed by atoms with E-state index in [0.717, 1.165) is 0 Å². The highest BCUT2D eigenvalue weighted by Crippen LogP contribution is 2.28. The number of halogens is 1. The maximum Gasteiger partial charge on any atom is 0.137 e. The molecule has 2 nitrogen and oxygen atoms in total. The maximum atomic E-state index is 13.2. The van der Waals surface area contributed by atoms with Gasteiger partial charge in [0.15, 0.2) is 0 Å². The molecule has 0 spiro atoms. The van der Waals surface area contributed by atoms with Crippen molar-refractivity contribution in [3.05, 3.63) is 35.8 Å². The van der Waals surface area contributed by atoms with Gasteiger partial charge in [0.1, 0.15) is 22.8 Å². The van der Waals surface area contributed by atoms with E-state index >= 15 is 0 Å². The molecule has 0 aliphatic rings. The highest BCUT2D eigenvalue weighted by Gasteiger charge is 2.21. The van der Waals surface area contributed by atoms with Crippen LogP contribution in [-0.4, -0.2) is 5.11 Å². The molecule has 14 heavy (non-hydrogen) atoms. The second-order valence-corrected chi connectivity index (χ2v) is 3.82. The summed E-state index contributed by atoms with van der Waals surface area (Å²) in [6.45, 7) is 3.20. The van der Waals surface area contributed by atoms with E-state index in [-0.39, 0.29) is 5.82 Å². The van der Waals surface area contributed by atoms with Crippen molar-refractivity contribution in [1.82, 2.24) is 0 Å². The van der Waals surface area contributed by atoms with Gasteiger partial charge in [-0.15, -0.1) is 0 Å². The van der Waals surface area contributed by atoms with Crippen LogP contribution in [0.4, 0.5) is 4.39 Å². The van der Waals surface area contributed by atoms with Gasteiger partial charge < -0.3 is 9.52 Å². The Hall–Kier alpha value is -1.35. The van der Waals surface area contributed by atoms with Crippen molar-refractivity contribution in [3.63, 3.8) is 0 Å². The Balaban J connectivity index is 2.69. The summed E-state index contributed by atoms with van der Waals surface area (Å²) >= 11 is 0. The van der Waals surface area contributed by atoms with Crippen molar-refractivity contribution in [3.8, 4) is 0 Å². The highest BCUT2D eigenvalue weighted by molar-refractivity contribution is 5.78. The summed E-state index contributed by atoms with van der Waals surface area (Å²) in [6, 6.07) is 6.15. The van der Waals surface area contributed by atoms with E-state index < -0.39 is 5.60 Å². The molecule has 0 radical (unpaired) electrons. The third-order valence-electron chi connectivity index (χ3n) is 2.11. The van der Waals surface area contributed by atoms with Gasteiger partial charge >= 0.3 is 0 Å². The summed E-state index contributed by atoms with van der Waals surface area (Å²) in [5, 5.41) is 10.1. The highest BCUT2D eigenvalue weighted by atomic mass is 19.1. The molecule has 0 aliphatic heterocycles. The van der Waals surface area contributed by atoms with Crippen LogP contribution in [0.1, 0.15) is 19.6 Å². The molecule has 1 heterocycles. The van der Waals surface area contributed by atoms with Crippen LogP contribution in [0.3, 0.4) is 0 Å². The summed E-state index contributed by atoms with van der Waals surface area (Å²) in [7, 11) is 0. The smallest absolute Gasteiger partial charge is 0.137 e. The fourth-order valence-electron chi connectivity index (χ4n) is 1.33. The first-order valence-corrected chi connectivity index (χ1v) is 4.39. The van der Waals surface area contributed by atoms with Gasteiger partial charge in [0.25, 0.3) is 0 Å². The first-order chi connectivity index (χ1) is 6.48. The Bertz CT molecular complexity index is 466. The minimum atomic E-state index is -1.08. The standard InChI is InChI=1S/C11H11FO2/c1-11(2,13)10-6-7-8(12)4-3-5-9(7)14-10/h3-6,13H,1-2H3. The molecule has 1 aromatic carbocycles. The van der Waals surface area contributed by atoms with Gasteiger partial charge in [0, 0.05) is 0 Å². The topological polar surface area (TPSA) is 33.4 Å². The van der Waals surface area contributed by atoms with Crippen LogP contribution in [0.25, 0.3) is 11.0 Å². The average Bonchev–Trinajstić information content (AvgIpc) is 2.48. The molecule has 0 bridgehead atoms. The van der Waals surface area contributed by atoms with Crippen molar-refractivity contribution in [2.24, 2.45) is 0 Å². The molecule has 0 saturated carbocycles. The van der Waals surface area contributed by atoms with Gasteiger partial charge in [-0.05, 0) is 32.0 Å². The van der Waals surface area contributed by atoms with Crippen molar-refractivity contribution in [1.29, 1.82) is 0 Å². The molecule has 2 rings (SSSR count). The number of aliphatic hydroxyl groups is 1. The molecule has 74 valence electrons. The molecule has 2 aromatic rings. The van der Waals surface area contributed by atoms with Crippen LogP contribution in [-0.2, 0) is 5.60 Å². The molecule has 1 N–H and O–H groups in total. The molecule has 0 aliphatic carbocycles. The quantitative estimate of drug-likeness (QED) is 0.757. The Kier molecular flexibility index (Phi) is 1.86. The van der Waals surface area contributed by atoms with Crippen LogP contribution >= 0.6 is 0 Å². The summed E-state index contributed by atoms with van der Waals surface area (Å²) in [4.78, 5) is 0. The number of fused-ring (bicyclic) bond motifs is 1. The lowest BCUT2D eigenvalue weighted by Gasteiger charge is -2.12. The van der Waals surface area contributed by atoms with Crippen molar-refractivity contribution < 1.29 is 13.9 Å². The lowest BCUT2D eigenvalue weighted by atomic mass is 10.1. The van der Waals surface area contributed by atoms with E-state index in [9.17, 15) is 9.50 Å². The van der Waals surface area contributed by atoms with E-state index in [1.165, 1.54) is 12.1 Å². The third kappa shape index (κ3) is 1.40. The van der Waals surface area contributed by atoms with Crippen LogP contribution in [0.5, 0.6) is 0 Å². The predicted molar refractivity (Wildman–Crippen MR) is 51.4 cm³/mol. The van der Waals surface area contributed by atoms with E-state index in [4.69, 9.17) is 4.42 Å². The van der Waals surface area contributed by atoms with Gasteiger partial charge in [0.2, 0.25) is 0 Å². The maximum absolute atomic E-state index is 13.2. The molecular weight excluding hydrogens is 183 g/mol. The molecule has 0 atom stereocenters. The fourth-order valence-corrected chi connectivity index (χ4v) is 1.33. The van der Waals surface area contributed by atoms with Crippen molar-refractivity contribution in [2.45, 2.75) is 19.4 Å². The molecule has 3 heteroatoms. The predicted octanol–water partition coefficient (Wildman–Crippen LogP) is 2.80. The fraction of sp³-hybridized carbons (Fsp3) is 0.273. The van der Waals surface area contributed by atoms with Gasteiger partial charge in [-0.3, -0.25) is 0 Å². The van der Waals surface area contributed by atoms with E-state index in [2.05, 4.69) is 0 Å². The minimum Gasteiger partial charge on any atom is -0.458 e. The van der Waals surface area contributed by atoms with Crippen LogP contribution < -0.4 is 0 Å². The summed E-state index contributed by atoms with van der Waals surface area (Å²) < 4.78 is 18.6. The summed E-state index contributed by atoms with van der Waals surface area (Å²) in [5.41, 5.74) is -0.618. The first kappa shape index (κ1) is 9.21. The Morgan fingerprint density at radius 3 is 2.64 bits per heavy atom. The second kappa shape index (κ2) is 2.82. The summed E-state index contributed by atoms with van der Waals surface area (Å²) in [6.07, 6.45) is 0. The first-order valence-electron chi connectivity index (χ1n) is 4.39. The van der Waals surface area contributed by atoms with E-state index in [1.54, 1.807) is 26.0 Å². The van der Waals surface area contributed by atoms with Gasteiger partial charge in [-0.1, -0.05) is 6.07 Å². The average molecular weight is 194 g/mol. The molecule has 0 unspecified atom stereocenters. The minimum absolute atomic E-state index is 0.332. The van der Waals surface area contributed by atoms with Gasteiger partial charge in [-0.25, -0.2) is 4.39 Å². The molecule has 0 fully saturated rings. The number of benzene rings is 1. The number of hydrogen-bond acceptors (Lipinski definition) is 2. The number of rotatable bonds is 1. The summed E-state index contributed by atoms with van der Waals surface area (Å²) in [5.74, 6) is 0.0411. The van der Waals surface area contributed by atoms with Crippen LogP contribution in [0, 0.1) is 5.82 Å². The lowest BCUT2D eigenvalue weighted by Crippen LogP contribution is -2.13. The van der Waals surface area contributed by atoms with Crippen molar-refractivity contribution >= 4 is 11.0 Å². The normalized spacial score (nSPS) is 12.3. The number of furan rings is 1. The van der Waals surface area contributed by atoms with Crippen LogP contribution in [0.2, 0.25) is 0 Å². The molecule has 1 aromatic heterocycles. The SMILES string of the molecule is CC(C)(O)c1cc2c(F)cccc2o1. The zero-order valence-corrected chi connectivity index (χ0v) is 8.04. The van der Waals surface area contributed by atoms with E-state index in [0.29, 0.717) is 16.7 Å². The molecule has 0 saturated heterocycles. The monoisotopic (exact) mass is 194 g/mol. The van der Waals surface area contributed by atoms with Gasteiger partial charge in [0.05, 0.1) is 5.39 Å². The Labute approximate surface area is 81.0 Å². The molecular formula is C11H11FO2. The lowest BCUT2D eigenvalue weighted by molar-refractivity contribution is 0.0559. The number of hydrogen-bond donors (Lipinski definition) is 1. The Morgan fingerprint density at radius 1 is 1.36 bits per heavy atom. The van der Waals surface area contributed by atoms with E-state index in [1.807, 2.05) is 0 Å². The zero-order valence-electron chi connectivity index (χ0n) is 8.04. The third-order valence-corrected chi connectivity index (χ3v) is 2.11. The second-order valence-electron chi connectivity index (χ2n) is 3.82.